The summed E-state index contributed by atoms with van der Waals surface area (Å²) in [6, 6.07) is 0. The van der Waals surface area contributed by atoms with Gasteiger partial charge in [-0.3, -0.25) is 0 Å². The van der Waals surface area contributed by atoms with Crippen LogP contribution >= 0.6 is 0 Å². The Labute approximate surface area is 87.7 Å². The highest BCUT2D eigenvalue weighted by Gasteiger charge is 2.45. The van der Waals surface area contributed by atoms with E-state index in [1.807, 2.05) is 0 Å². The largest absolute Gasteiger partial charge is 0.317 e. The first kappa shape index (κ1) is 9.21. The van der Waals surface area contributed by atoms with Gasteiger partial charge in [0.2, 0.25) is 0 Å². The van der Waals surface area contributed by atoms with Gasteiger partial charge in [0.05, 0.1) is 0 Å². The molecule has 1 heterocycles. The Morgan fingerprint density at radius 3 is 1.93 bits per heavy atom. The molecule has 0 amide bonds. The summed E-state index contributed by atoms with van der Waals surface area (Å²) in [4.78, 5) is 0. The molecule has 1 N–H and O–H groups in total. The van der Waals surface area contributed by atoms with E-state index < -0.39 is 0 Å². The van der Waals surface area contributed by atoms with Crippen molar-refractivity contribution in [3.05, 3.63) is 0 Å². The van der Waals surface area contributed by atoms with Crippen molar-refractivity contribution in [2.24, 2.45) is 17.3 Å². The van der Waals surface area contributed by atoms with Gasteiger partial charge in [-0.05, 0) is 81.7 Å². The van der Waals surface area contributed by atoms with Gasteiger partial charge in [0.25, 0.3) is 0 Å². The van der Waals surface area contributed by atoms with Crippen LogP contribution in [-0.4, -0.2) is 13.1 Å². The molecule has 1 heteroatoms. The summed E-state index contributed by atoms with van der Waals surface area (Å²) in [6.07, 6.45) is 12.3. The predicted octanol–water partition coefficient (Wildman–Crippen LogP) is 2.96. The van der Waals surface area contributed by atoms with Gasteiger partial charge in [-0.2, -0.15) is 0 Å². The van der Waals surface area contributed by atoms with Crippen LogP contribution in [0.25, 0.3) is 0 Å². The van der Waals surface area contributed by atoms with Gasteiger partial charge in [0.15, 0.2) is 0 Å². The second-order valence-corrected chi connectivity index (χ2v) is 5.87. The lowest BCUT2D eigenvalue weighted by Gasteiger charge is -2.52. The Bertz CT molecular complexity index is 184. The fraction of sp³-hybridized carbons (Fsp3) is 1.00. The van der Waals surface area contributed by atoms with Gasteiger partial charge in [-0.15, -0.1) is 0 Å². The van der Waals surface area contributed by atoms with Gasteiger partial charge in [-0.1, -0.05) is 0 Å². The van der Waals surface area contributed by atoms with E-state index in [-0.39, 0.29) is 0 Å². The van der Waals surface area contributed by atoms with Crippen LogP contribution in [0.15, 0.2) is 0 Å². The molecule has 4 fully saturated rings. The highest BCUT2D eigenvalue weighted by molar-refractivity contribution is 4.96. The number of fused-ring (bicyclic) bond motifs is 3. The number of piperidine rings is 1. The molecule has 0 aromatic heterocycles. The summed E-state index contributed by atoms with van der Waals surface area (Å²) < 4.78 is 0. The first-order valence-corrected chi connectivity index (χ1v) is 6.60. The SMILES string of the molecule is C1CC(C23CCC(CC2)CC3)CCN1. The summed E-state index contributed by atoms with van der Waals surface area (Å²) in [6.45, 7) is 2.58. The van der Waals surface area contributed by atoms with Crippen molar-refractivity contribution in [1.82, 2.24) is 5.32 Å². The molecule has 4 rings (SSSR count). The van der Waals surface area contributed by atoms with Gasteiger partial charge >= 0.3 is 0 Å². The zero-order valence-electron chi connectivity index (χ0n) is 9.23. The second-order valence-electron chi connectivity index (χ2n) is 5.87. The van der Waals surface area contributed by atoms with Crippen molar-refractivity contribution in [2.75, 3.05) is 13.1 Å². The van der Waals surface area contributed by atoms with Gasteiger partial charge in [0.1, 0.15) is 0 Å². The van der Waals surface area contributed by atoms with Crippen molar-refractivity contribution in [3.63, 3.8) is 0 Å². The van der Waals surface area contributed by atoms with Crippen LogP contribution < -0.4 is 5.32 Å². The highest BCUT2D eigenvalue weighted by Crippen LogP contribution is 2.56. The molecule has 2 bridgehead atoms. The standard InChI is InChI=1S/C13H23N/c1-6-13(7-2-11(1)3-8-13)12-4-9-14-10-5-12/h11-12,14H,1-10H2. The highest BCUT2D eigenvalue weighted by atomic mass is 14.9. The number of rotatable bonds is 1. The van der Waals surface area contributed by atoms with E-state index >= 15 is 0 Å². The zero-order chi connectivity index (χ0) is 9.43. The summed E-state index contributed by atoms with van der Waals surface area (Å²) >= 11 is 0. The Balaban J connectivity index is 1.73. The number of hydrogen-bond acceptors (Lipinski definition) is 1. The van der Waals surface area contributed by atoms with Crippen LogP contribution in [0.4, 0.5) is 0 Å². The second kappa shape index (κ2) is 3.52. The van der Waals surface area contributed by atoms with E-state index in [1.165, 1.54) is 25.9 Å². The molecule has 0 aromatic rings. The van der Waals surface area contributed by atoms with E-state index in [4.69, 9.17) is 0 Å². The third kappa shape index (κ3) is 1.41. The predicted molar refractivity (Wildman–Crippen MR) is 59.2 cm³/mol. The zero-order valence-corrected chi connectivity index (χ0v) is 9.23. The van der Waals surface area contributed by atoms with Crippen LogP contribution in [-0.2, 0) is 0 Å². The molecule has 3 aliphatic carbocycles. The molecule has 80 valence electrons. The minimum atomic E-state index is 0.816. The van der Waals surface area contributed by atoms with E-state index in [2.05, 4.69) is 5.32 Å². The Morgan fingerprint density at radius 2 is 1.36 bits per heavy atom. The molecular weight excluding hydrogens is 170 g/mol. The lowest BCUT2D eigenvalue weighted by molar-refractivity contribution is -0.00489. The van der Waals surface area contributed by atoms with Crippen LogP contribution in [0.2, 0.25) is 0 Å². The fourth-order valence-corrected chi connectivity index (χ4v) is 4.33. The number of hydrogen-bond donors (Lipinski definition) is 1. The maximum atomic E-state index is 3.51. The normalized spacial score (nSPS) is 44.1. The molecule has 4 aliphatic rings. The topological polar surface area (TPSA) is 12.0 Å². The van der Waals surface area contributed by atoms with Crippen molar-refractivity contribution >= 4 is 0 Å². The summed E-state index contributed by atoms with van der Waals surface area (Å²) in [5, 5.41) is 3.51. The van der Waals surface area contributed by atoms with Crippen molar-refractivity contribution in [2.45, 2.75) is 51.4 Å². The van der Waals surface area contributed by atoms with E-state index in [0.717, 1.165) is 17.3 Å². The summed E-state index contributed by atoms with van der Waals surface area (Å²) in [7, 11) is 0. The first-order valence-electron chi connectivity index (χ1n) is 6.60. The maximum absolute atomic E-state index is 3.51. The third-order valence-electron chi connectivity index (χ3n) is 5.36. The summed E-state index contributed by atoms with van der Waals surface area (Å²) in [5.41, 5.74) is 0.816. The quantitative estimate of drug-likeness (QED) is 0.675. The molecule has 0 aromatic carbocycles. The van der Waals surface area contributed by atoms with Crippen LogP contribution in [0.5, 0.6) is 0 Å². The van der Waals surface area contributed by atoms with Gasteiger partial charge < -0.3 is 5.32 Å². The molecule has 0 radical (unpaired) electrons. The summed E-state index contributed by atoms with van der Waals surface area (Å²) in [5.74, 6) is 2.20. The lowest BCUT2D eigenvalue weighted by atomic mass is 9.54. The average molecular weight is 193 g/mol. The van der Waals surface area contributed by atoms with E-state index in [9.17, 15) is 0 Å². The molecule has 0 atom stereocenters. The van der Waals surface area contributed by atoms with Crippen LogP contribution in [0.1, 0.15) is 51.4 Å². The van der Waals surface area contributed by atoms with Crippen molar-refractivity contribution in [1.29, 1.82) is 0 Å². The molecule has 1 saturated heterocycles. The fourth-order valence-electron chi connectivity index (χ4n) is 4.33. The average Bonchev–Trinajstić information content (AvgIpc) is 2.33. The smallest absolute Gasteiger partial charge is 0.00461 e. The van der Waals surface area contributed by atoms with Gasteiger partial charge in [-0.25, -0.2) is 0 Å². The number of nitrogens with one attached hydrogen (secondary N) is 1. The van der Waals surface area contributed by atoms with E-state index in [0.29, 0.717) is 0 Å². The van der Waals surface area contributed by atoms with Crippen LogP contribution in [0.3, 0.4) is 0 Å². The minimum Gasteiger partial charge on any atom is -0.317 e. The molecule has 0 unspecified atom stereocenters. The molecular formula is C13H23N. The monoisotopic (exact) mass is 193 g/mol. The Morgan fingerprint density at radius 1 is 0.786 bits per heavy atom. The molecule has 3 saturated carbocycles. The van der Waals surface area contributed by atoms with Crippen molar-refractivity contribution in [3.8, 4) is 0 Å². The minimum absolute atomic E-state index is 0.816. The molecule has 1 nitrogen and oxygen atoms in total. The lowest BCUT2D eigenvalue weighted by Crippen LogP contribution is -2.44. The molecule has 0 spiro atoms. The Kier molecular flexibility index (Phi) is 2.31. The third-order valence-corrected chi connectivity index (χ3v) is 5.36. The molecule has 14 heavy (non-hydrogen) atoms. The maximum Gasteiger partial charge on any atom is -0.00461 e. The Hall–Kier alpha value is -0.0400. The first-order chi connectivity index (χ1) is 6.89. The molecule has 1 aliphatic heterocycles. The van der Waals surface area contributed by atoms with Crippen molar-refractivity contribution < 1.29 is 0 Å². The van der Waals surface area contributed by atoms with E-state index in [1.54, 1.807) is 38.5 Å². The van der Waals surface area contributed by atoms with Crippen LogP contribution in [0, 0.1) is 17.3 Å². The van der Waals surface area contributed by atoms with Gasteiger partial charge in [0, 0.05) is 0 Å².